The third-order valence-corrected chi connectivity index (χ3v) is 3.21. The summed E-state index contributed by atoms with van der Waals surface area (Å²) in [7, 11) is 0. The van der Waals surface area contributed by atoms with Crippen LogP contribution in [0.2, 0.25) is 0 Å². The van der Waals surface area contributed by atoms with Gasteiger partial charge < -0.3 is 10.1 Å². The Morgan fingerprint density at radius 3 is 2.82 bits per heavy atom. The highest BCUT2D eigenvalue weighted by atomic mass is 19.1. The van der Waals surface area contributed by atoms with Crippen LogP contribution >= 0.6 is 0 Å². The Morgan fingerprint density at radius 1 is 1.18 bits per heavy atom. The molecule has 1 aromatic rings. The molecule has 1 fully saturated rings. The minimum absolute atomic E-state index is 0.164. The van der Waals surface area contributed by atoms with Gasteiger partial charge in [0.05, 0.1) is 0 Å². The predicted octanol–water partition coefficient (Wildman–Crippen LogP) is 2.53. The molecular weight excluding hydrogens is 217 g/mol. The first-order valence-electron chi connectivity index (χ1n) is 6.40. The maximum absolute atomic E-state index is 12.7. The number of rotatable bonds is 4. The van der Waals surface area contributed by atoms with E-state index in [0.29, 0.717) is 6.04 Å². The molecular formula is C14H20FNO. The van der Waals surface area contributed by atoms with Crippen LogP contribution < -0.4 is 5.32 Å². The highest BCUT2D eigenvalue weighted by Gasteiger charge is 2.10. The van der Waals surface area contributed by atoms with Crippen molar-refractivity contribution in [2.75, 3.05) is 19.8 Å². The monoisotopic (exact) mass is 237 g/mol. The number of nitrogens with one attached hydrogen (secondary N) is 1. The highest BCUT2D eigenvalue weighted by Crippen LogP contribution is 2.08. The van der Waals surface area contributed by atoms with Crippen molar-refractivity contribution >= 4 is 0 Å². The molecule has 1 aromatic carbocycles. The SMILES string of the molecule is Fc1ccc(CCNC2CCCOCC2)cc1. The lowest BCUT2D eigenvalue weighted by atomic mass is 10.1. The van der Waals surface area contributed by atoms with Gasteiger partial charge in [0.15, 0.2) is 0 Å². The van der Waals surface area contributed by atoms with Crippen LogP contribution in [0.1, 0.15) is 24.8 Å². The van der Waals surface area contributed by atoms with E-state index in [1.165, 1.54) is 24.1 Å². The summed E-state index contributed by atoms with van der Waals surface area (Å²) in [5.74, 6) is -0.164. The van der Waals surface area contributed by atoms with Crippen molar-refractivity contribution in [1.29, 1.82) is 0 Å². The topological polar surface area (TPSA) is 21.3 Å². The largest absolute Gasteiger partial charge is 0.381 e. The number of ether oxygens (including phenoxy) is 1. The van der Waals surface area contributed by atoms with Crippen molar-refractivity contribution in [2.45, 2.75) is 31.7 Å². The quantitative estimate of drug-likeness (QED) is 0.869. The van der Waals surface area contributed by atoms with Gasteiger partial charge in [0.1, 0.15) is 5.82 Å². The van der Waals surface area contributed by atoms with Gasteiger partial charge in [-0.05, 0) is 49.9 Å². The second kappa shape index (κ2) is 6.72. The molecule has 2 rings (SSSR count). The third kappa shape index (κ3) is 4.44. The molecule has 1 N–H and O–H groups in total. The zero-order valence-electron chi connectivity index (χ0n) is 10.1. The lowest BCUT2D eigenvalue weighted by Crippen LogP contribution is -2.31. The molecule has 3 heteroatoms. The van der Waals surface area contributed by atoms with Crippen LogP contribution in [0.3, 0.4) is 0 Å². The fourth-order valence-corrected chi connectivity index (χ4v) is 2.18. The van der Waals surface area contributed by atoms with E-state index in [4.69, 9.17) is 4.74 Å². The first kappa shape index (κ1) is 12.5. The van der Waals surface area contributed by atoms with Gasteiger partial charge in [-0.15, -0.1) is 0 Å². The fraction of sp³-hybridized carbons (Fsp3) is 0.571. The molecule has 0 amide bonds. The van der Waals surface area contributed by atoms with Crippen LogP contribution in [0.4, 0.5) is 4.39 Å². The summed E-state index contributed by atoms with van der Waals surface area (Å²) in [4.78, 5) is 0. The van der Waals surface area contributed by atoms with Crippen LogP contribution in [0, 0.1) is 5.82 Å². The van der Waals surface area contributed by atoms with Crippen molar-refractivity contribution in [2.24, 2.45) is 0 Å². The molecule has 0 radical (unpaired) electrons. The molecule has 17 heavy (non-hydrogen) atoms. The van der Waals surface area contributed by atoms with Gasteiger partial charge >= 0.3 is 0 Å². The van der Waals surface area contributed by atoms with E-state index in [0.717, 1.165) is 39.0 Å². The van der Waals surface area contributed by atoms with Crippen molar-refractivity contribution in [1.82, 2.24) is 5.32 Å². The van der Waals surface area contributed by atoms with E-state index in [-0.39, 0.29) is 5.82 Å². The van der Waals surface area contributed by atoms with Crippen LogP contribution in [-0.4, -0.2) is 25.8 Å². The summed E-state index contributed by atoms with van der Waals surface area (Å²) in [5.41, 5.74) is 1.18. The number of hydrogen-bond donors (Lipinski definition) is 1. The van der Waals surface area contributed by atoms with Crippen LogP contribution in [0.15, 0.2) is 24.3 Å². The highest BCUT2D eigenvalue weighted by molar-refractivity contribution is 5.16. The minimum Gasteiger partial charge on any atom is -0.381 e. The summed E-state index contributed by atoms with van der Waals surface area (Å²) in [6.45, 7) is 2.72. The Hall–Kier alpha value is -0.930. The van der Waals surface area contributed by atoms with E-state index < -0.39 is 0 Å². The molecule has 94 valence electrons. The second-order valence-electron chi connectivity index (χ2n) is 4.57. The zero-order chi connectivity index (χ0) is 11.9. The maximum Gasteiger partial charge on any atom is 0.123 e. The van der Waals surface area contributed by atoms with E-state index in [1.54, 1.807) is 0 Å². The molecule has 0 aromatic heterocycles. The smallest absolute Gasteiger partial charge is 0.123 e. The molecule has 2 nitrogen and oxygen atoms in total. The molecule has 0 aliphatic carbocycles. The summed E-state index contributed by atoms with van der Waals surface area (Å²) in [6, 6.07) is 7.34. The molecule has 1 heterocycles. The number of hydrogen-bond acceptors (Lipinski definition) is 2. The van der Waals surface area contributed by atoms with Gasteiger partial charge in [0.25, 0.3) is 0 Å². The van der Waals surface area contributed by atoms with Gasteiger partial charge in [-0.2, -0.15) is 0 Å². The van der Waals surface area contributed by atoms with Crippen molar-refractivity contribution in [3.63, 3.8) is 0 Å². The van der Waals surface area contributed by atoms with E-state index in [9.17, 15) is 4.39 Å². The van der Waals surface area contributed by atoms with E-state index in [2.05, 4.69) is 5.32 Å². The normalized spacial score (nSPS) is 21.1. The lowest BCUT2D eigenvalue weighted by Gasteiger charge is -2.15. The van der Waals surface area contributed by atoms with Crippen LogP contribution in [-0.2, 0) is 11.2 Å². The van der Waals surface area contributed by atoms with E-state index >= 15 is 0 Å². The maximum atomic E-state index is 12.7. The Bertz CT molecular complexity index is 317. The van der Waals surface area contributed by atoms with Crippen molar-refractivity contribution in [3.05, 3.63) is 35.6 Å². The average molecular weight is 237 g/mol. The summed E-state index contributed by atoms with van der Waals surface area (Å²) >= 11 is 0. The molecule has 1 aliphatic rings. The molecule has 0 bridgehead atoms. The van der Waals surface area contributed by atoms with Crippen LogP contribution in [0.25, 0.3) is 0 Å². The first-order chi connectivity index (χ1) is 8.34. The standard InChI is InChI=1S/C14H20FNO/c15-13-5-3-12(4-6-13)7-9-16-14-2-1-10-17-11-8-14/h3-6,14,16H,1-2,7-11H2. The third-order valence-electron chi connectivity index (χ3n) is 3.21. The molecule has 0 saturated carbocycles. The number of halogens is 1. The van der Waals surface area contributed by atoms with Gasteiger partial charge in [0, 0.05) is 19.3 Å². The van der Waals surface area contributed by atoms with Crippen molar-refractivity contribution < 1.29 is 9.13 Å². The van der Waals surface area contributed by atoms with E-state index in [1.807, 2.05) is 12.1 Å². The summed E-state index contributed by atoms with van der Waals surface area (Å²) in [6.07, 6.45) is 4.40. The molecule has 1 atom stereocenters. The Kier molecular flexibility index (Phi) is 4.95. The predicted molar refractivity (Wildman–Crippen MR) is 66.6 cm³/mol. The van der Waals surface area contributed by atoms with Gasteiger partial charge in [-0.3, -0.25) is 0 Å². The molecule has 0 spiro atoms. The molecule has 1 unspecified atom stereocenters. The number of benzene rings is 1. The Labute approximate surface area is 102 Å². The molecule has 1 aliphatic heterocycles. The second-order valence-corrected chi connectivity index (χ2v) is 4.57. The minimum atomic E-state index is -0.164. The van der Waals surface area contributed by atoms with Crippen LogP contribution in [0.5, 0.6) is 0 Å². The summed E-state index contributed by atoms with van der Waals surface area (Å²) in [5, 5.41) is 3.55. The van der Waals surface area contributed by atoms with Gasteiger partial charge in [0.2, 0.25) is 0 Å². The van der Waals surface area contributed by atoms with Crippen molar-refractivity contribution in [3.8, 4) is 0 Å². The lowest BCUT2D eigenvalue weighted by molar-refractivity contribution is 0.142. The first-order valence-corrected chi connectivity index (χ1v) is 6.40. The fourth-order valence-electron chi connectivity index (χ4n) is 2.18. The average Bonchev–Trinajstić information content (AvgIpc) is 2.60. The zero-order valence-corrected chi connectivity index (χ0v) is 10.1. The Morgan fingerprint density at radius 2 is 2.00 bits per heavy atom. The summed E-state index contributed by atoms with van der Waals surface area (Å²) < 4.78 is 18.1. The van der Waals surface area contributed by atoms with Gasteiger partial charge in [-0.25, -0.2) is 4.39 Å². The Balaban J connectivity index is 1.69. The van der Waals surface area contributed by atoms with Gasteiger partial charge in [-0.1, -0.05) is 12.1 Å². The molecule has 1 saturated heterocycles.